The lowest BCUT2D eigenvalue weighted by molar-refractivity contribution is -0.144. The van der Waals surface area contributed by atoms with E-state index in [1.54, 1.807) is 12.1 Å². The van der Waals surface area contributed by atoms with Crippen molar-refractivity contribution in [3.63, 3.8) is 0 Å². The van der Waals surface area contributed by atoms with Crippen LogP contribution in [0.5, 0.6) is 0 Å². The van der Waals surface area contributed by atoms with E-state index in [2.05, 4.69) is 24.5 Å². The zero-order valence-electron chi connectivity index (χ0n) is 21.6. The molecule has 0 aliphatic heterocycles. The molecule has 3 N–H and O–H groups in total. The van der Waals surface area contributed by atoms with Gasteiger partial charge in [0.1, 0.15) is 5.82 Å². The van der Waals surface area contributed by atoms with E-state index in [9.17, 15) is 19.1 Å². The summed E-state index contributed by atoms with van der Waals surface area (Å²) in [4.78, 5) is 25.9. The van der Waals surface area contributed by atoms with Gasteiger partial charge in [-0.1, -0.05) is 52.2 Å². The van der Waals surface area contributed by atoms with Crippen molar-refractivity contribution in [2.75, 3.05) is 0 Å². The highest BCUT2D eigenvalue weighted by Gasteiger charge is 2.54. The Bertz CT molecular complexity index is 884. The summed E-state index contributed by atoms with van der Waals surface area (Å²) in [7, 11) is 0. The minimum Gasteiger partial charge on any atom is -0.392 e. The fourth-order valence-electron chi connectivity index (χ4n) is 7.31. The average molecular weight is 487 g/mol. The minimum atomic E-state index is -0.579. The first-order chi connectivity index (χ1) is 16.7. The minimum absolute atomic E-state index is 0.0334. The topological polar surface area (TPSA) is 78.4 Å². The first-order valence-electron chi connectivity index (χ1n) is 13.7. The van der Waals surface area contributed by atoms with Crippen molar-refractivity contribution >= 4 is 11.8 Å². The summed E-state index contributed by atoms with van der Waals surface area (Å²) in [5, 5.41) is 17.9. The maximum Gasteiger partial charge on any atom is 0.223 e. The lowest BCUT2D eigenvalue weighted by atomic mass is 9.51. The number of carbonyl (C=O) groups excluding carboxylic acids is 2. The Morgan fingerprint density at radius 2 is 1.74 bits per heavy atom. The second-order valence-corrected chi connectivity index (χ2v) is 11.9. The molecule has 4 rings (SSSR count). The van der Waals surface area contributed by atoms with Gasteiger partial charge in [-0.25, -0.2) is 4.39 Å². The van der Waals surface area contributed by atoms with Gasteiger partial charge in [-0.3, -0.25) is 9.59 Å². The molecule has 2 amide bonds. The fraction of sp³-hybridized carbons (Fsp3) is 0.724. The number of rotatable bonds is 6. The number of nitrogens with one attached hydrogen (secondary N) is 2. The van der Waals surface area contributed by atoms with Crippen molar-refractivity contribution < 1.29 is 19.1 Å². The maximum atomic E-state index is 13.2. The van der Waals surface area contributed by atoms with E-state index >= 15 is 0 Å². The molecule has 1 aromatic rings. The van der Waals surface area contributed by atoms with Crippen LogP contribution in [-0.2, 0) is 16.1 Å². The summed E-state index contributed by atoms with van der Waals surface area (Å²) < 4.78 is 13.2. The molecule has 3 aliphatic carbocycles. The van der Waals surface area contributed by atoms with Gasteiger partial charge in [0.2, 0.25) is 11.8 Å². The zero-order chi connectivity index (χ0) is 25.2. The van der Waals surface area contributed by atoms with Crippen LogP contribution in [0.25, 0.3) is 0 Å². The molecule has 194 valence electrons. The number of benzene rings is 1. The third-order valence-corrected chi connectivity index (χ3v) is 9.63. The Morgan fingerprint density at radius 3 is 2.43 bits per heavy atom. The van der Waals surface area contributed by atoms with Gasteiger partial charge in [-0.2, -0.15) is 0 Å². The predicted molar refractivity (Wildman–Crippen MR) is 135 cm³/mol. The molecule has 0 saturated heterocycles. The normalized spacial score (nSPS) is 34.5. The monoisotopic (exact) mass is 486 g/mol. The van der Waals surface area contributed by atoms with Crippen molar-refractivity contribution in [3.05, 3.63) is 35.6 Å². The first-order valence-corrected chi connectivity index (χ1v) is 13.7. The van der Waals surface area contributed by atoms with Gasteiger partial charge in [0.05, 0.1) is 6.10 Å². The molecule has 35 heavy (non-hydrogen) atoms. The third-order valence-electron chi connectivity index (χ3n) is 9.63. The van der Waals surface area contributed by atoms with Crippen LogP contribution < -0.4 is 10.6 Å². The van der Waals surface area contributed by atoms with E-state index in [0.29, 0.717) is 6.54 Å². The SMILES string of the molecule is C[C@H]1[C@@H]2[C@@H](O)C([C@H](C)C(=O)NCc3ccc(F)cc3)CC[C@@]2(C)CC[C@@H]1NC(=O)C1CCCCC1. The number of hydrogen-bond acceptors (Lipinski definition) is 3. The van der Waals surface area contributed by atoms with Crippen molar-refractivity contribution in [2.24, 2.45) is 35.0 Å². The molecule has 5 nitrogen and oxygen atoms in total. The quantitative estimate of drug-likeness (QED) is 0.531. The van der Waals surface area contributed by atoms with Gasteiger partial charge >= 0.3 is 0 Å². The Balaban J connectivity index is 1.38. The molecule has 0 spiro atoms. The van der Waals surface area contributed by atoms with Crippen molar-refractivity contribution in [3.8, 4) is 0 Å². The summed E-state index contributed by atoms with van der Waals surface area (Å²) >= 11 is 0. The third kappa shape index (κ3) is 5.73. The van der Waals surface area contributed by atoms with Gasteiger partial charge in [-0.05, 0) is 79.4 Å². The van der Waals surface area contributed by atoms with Crippen LogP contribution in [0.15, 0.2) is 24.3 Å². The van der Waals surface area contributed by atoms with Crippen LogP contribution in [-0.4, -0.2) is 29.1 Å². The van der Waals surface area contributed by atoms with Crippen molar-refractivity contribution in [1.29, 1.82) is 0 Å². The second-order valence-electron chi connectivity index (χ2n) is 11.9. The molecule has 1 unspecified atom stereocenters. The molecule has 1 aromatic carbocycles. The molecule has 7 atom stereocenters. The lowest BCUT2D eigenvalue weighted by Crippen LogP contribution is -2.59. The highest BCUT2D eigenvalue weighted by Crippen LogP contribution is 2.55. The molecule has 3 fully saturated rings. The fourth-order valence-corrected chi connectivity index (χ4v) is 7.31. The van der Waals surface area contributed by atoms with Crippen LogP contribution in [0.2, 0.25) is 0 Å². The van der Waals surface area contributed by atoms with Crippen molar-refractivity contribution in [1.82, 2.24) is 10.6 Å². The lowest BCUT2D eigenvalue weighted by Gasteiger charge is -2.56. The van der Waals surface area contributed by atoms with Crippen LogP contribution >= 0.6 is 0 Å². The number of aliphatic hydroxyl groups is 1. The van der Waals surface area contributed by atoms with Crippen molar-refractivity contribution in [2.45, 2.75) is 97.2 Å². The van der Waals surface area contributed by atoms with Crippen LogP contribution in [0, 0.1) is 40.8 Å². The Morgan fingerprint density at radius 1 is 1.09 bits per heavy atom. The largest absolute Gasteiger partial charge is 0.392 e. The molecule has 0 heterocycles. The summed E-state index contributed by atoms with van der Waals surface area (Å²) in [5.74, 6) is -0.258. The van der Waals surface area contributed by atoms with E-state index in [0.717, 1.165) is 56.9 Å². The summed E-state index contributed by atoms with van der Waals surface area (Å²) in [6.07, 6.45) is 8.67. The van der Waals surface area contributed by atoms with Gasteiger partial charge in [0.25, 0.3) is 0 Å². The summed E-state index contributed by atoms with van der Waals surface area (Å²) in [5.41, 5.74) is 0.882. The summed E-state index contributed by atoms with van der Waals surface area (Å²) in [6, 6.07) is 6.22. The molecule has 0 aromatic heterocycles. The number of amides is 2. The number of halogens is 1. The maximum absolute atomic E-state index is 13.2. The highest BCUT2D eigenvalue weighted by atomic mass is 19.1. The van der Waals surface area contributed by atoms with Gasteiger partial charge < -0.3 is 15.7 Å². The number of hydrogen-bond donors (Lipinski definition) is 3. The smallest absolute Gasteiger partial charge is 0.223 e. The second kappa shape index (κ2) is 11.0. The molecule has 6 heteroatoms. The Kier molecular flexibility index (Phi) is 8.19. The molecular formula is C29H43FN2O3. The Hall–Kier alpha value is -1.95. The van der Waals surface area contributed by atoms with Crippen LogP contribution in [0.1, 0.15) is 84.1 Å². The Labute approximate surface area is 209 Å². The van der Waals surface area contributed by atoms with Gasteiger partial charge in [0.15, 0.2) is 0 Å². The van der Waals surface area contributed by atoms with Crippen LogP contribution in [0.4, 0.5) is 4.39 Å². The van der Waals surface area contributed by atoms with E-state index in [1.165, 1.54) is 18.6 Å². The zero-order valence-corrected chi connectivity index (χ0v) is 21.6. The average Bonchev–Trinajstić information content (AvgIpc) is 2.85. The van der Waals surface area contributed by atoms with Crippen LogP contribution in [0.3, 0.4) is 0 Å². The van der Waals surface area contributed by atoms with E-state index in [-0.39, 0.29) is 58.7 Å². The summed E-state index contributed by atoms with van der Waals surface area (Å²) in [6.45, 7) is 6.72. The molecule has 3 aliphatic rings. The van der Waals surface area contributed by atoms with Gasteiger partial charge in [-0.15, -0.1) is 0 Å². The molecule has 3 saturated carbocycles. The number of carbonyl (C=O) groups is 2. The van der Waals surface area contributed by atoms with E-state index in [1.807, 2.05) is 6.92 Å². The number of aliphatic hydroxyl groups excluding tert-OH is 1. The van der Waals surface area contributed by atoms with E-state index in [4.69, 9.17) is 0 Å². The first kappa shape index (κ1) is 26.1. The number of fused-ring (bicyclic) bond motifs is 1. The predicted octanol–water partition coefficient (Wildman–Crippen LogP) is 4.97. The van der Waals surface area contributed by atoms with Gasteiger partial charge in [0, 0.05) is 24.4 Å². The highest BCUT2D eigenvalue weighted by molar-refractivity contribution is 5.79. The van der Waals surface area contributed by atoms with E-state index < -0.39 is 6.10 Å². The standard InChI is InChI=1S/C29H43FN2O3/c1-18(27(34)31-17-20-9-11-22(30)12-10-20)23-13-15-29(3)16-14-24(19(2)25(29)26(23)33)32-28(35)21-7-5-4-6-8-21/h9-12,18-19,21,23-26,33H,4-8,13-17H2,1-3H3,(H,31,34)(H,32,35)/t18-,19+,23?,24-,25+,26-,29-/m0/s1. The molecule has 0 radical (unpaired) electrons. The molecule has 0 bridgehead atoms. The molecular weight excluding hydrogens is 443 g/mol.